The molecule has 2 N–H and O–H groups in total. The Morgan fingerprint density at radius 3 is 2.50 bits per heavy atom. The van der Waals surface area contributed by atoms with E-state index in [1.165, 1.54) is 23.9 Å². The summed E-state index contributed by atoms with van der Waals surface area (Å²) in [5, 5.41) is 28.6. The third kappa shape index (κ3) is 5.47. The highest BCUT2D eigenvalue weighted by molar-refractivity contribution is 9.10. The molecule has 0 fully saturated rings. The minimum atomic E-state index is -1.36. The highest BCUT2D eigenvalue weighted by Crippen LogP contribution is 2.41. The zero-order valence-corrected chi connectivity index (χ0v) is 22.5. The second kappa shape index (κ2) is 11.2. The predicted molar refractivity (Wildman–Crippen MR) is 146 cm³/mol. The average molecular weight is 620 g/mol. The molecule has 0 bridgehead atoms. The molecule has 11 nitrogen and oxygen atoms in total. The Balaban J connectivity index is 1.85. The van der Waals surface area contributed by atoms with Crippen LogP contribution in [0.25, 0.3) is 5.82 Å². The molecule has 4 rings (SSSR count). The van der Waals surface area contributed by atoms with Crippen LogP contribution < -0.4 is 10.2 Å². The van der Waals surface area contributed by atoms with Gasteiger partial charge in [-0.05, 0) is 46.6 Å². The van der Waals surface area contributed by atoms with Gasteiger partial charge in [0.1, 0.15) is 15.3 Å². The van der Waals surface area contributed by atoms with Crippen molar-refractivity contribution in [2.45, 2.75) is 13.5 Å². The van der Waals surface area contributed by atoms with Crippen molar-refractivity contribution in [3.8, 4) is 5.82 Å². The Kier molecular flexibility index (Phi) is 7.95. The van der Waals surface area contributed by atoms with Crippen LogP contribution in [0.5, 0.6) is 0 Å². The molecule has 0 atom stereocenters. The number of pyridine rings is 1. The molecule has 2 heterocycles. The summed E-state index contributed by atoms with van der Waals surface area (Å²) in [6.45, 7) is 1.26. The lowest BCUT2D eigenvalue weighted by Crippen LogP contribution is -2.30. The van der Waals surface area contributed by atoms with Gasteiger partial charge in [-0.1, -0.05) is 53.5 Å². The van der Waals surface area contributed by atoms with E-state index in [1.807, 2.05) is 0 Å². The number of hydrogen-bond donors (Lipinski definition) is 2. The number of amides is 2. The van der Waals surface area contributed by atoms with Crippen LogP contribution in [0.15, 0.2) is 65.4 Å². The highest BCUT2D eigenvalue weighted by atomic mass is 79.9. The first-order chi connectivity index (χ1) is 18.1. The molecular weight excluding hydrogens is 603 g/mol. The van der Waals surface area contributed by atoms with Crippen LogP contribution in [0.3, 0.4) is 0 Å². The second-order valence-corrected chi connectivity index (χ2v) is 9.49. The first-order valence-corrected chi connectivity index (χ1v) is 12.3. The molecule has 2 aromatic carbocycles. The average Bonchev–Trinajstić information content (AvgIpc) is 3.26. The van der Waals surface area contributed by atoms with Crippen molar-refractivity contribution in [1.29, 1.82) is 0 Å². The van der Waals surface area contributed by atoms with Crippen LogP contribution in [0.2, 0.25) is 10.0 Å². The zero-order valence-electron chi connectivity index (χ0n) is 19.4. The number of benzene rings is 2. The highest BCUT2D eigenvalue weighted by Gasteiger charge is 2.30. The third-order valence-corrected chi connectivity index (χ3v) is 6.42. The molecule has 0 spiro atoms. The monoisotopic (exact) mass is 618 g/mol. The van der Waals surface area contributed by atoms with Gasteiger partial charge in [-0.3, -0.25) is 19.8 Å². The van der Waals surface area contributed by atoms with Crippen molar-refractivity contribution in [2.24, 2.45) is 0 Å². The van der Waals surface area contributed by atoms with E-state index in [-0.39, 0.29) is 45.0 Å². The minimum absolute atomic E-state index is 0.0228. The van der Waals surface area contributed by atoms with Gasteiger partial charge < -0.3 is 10.4 Å². The number of nitro benzene ring substituents is 1. The van der Waals surface area contributed by atoms with E-state index < -0.39 is 22.6 Å². The summed E-state index contributed by atoms with van der Waals surface area (Å²) in [6.07, 6.45) is 0.110. The molecule has 14 heteroatoms. The van der Waals surface area contributed by atoms with Gasteiger partial charge in [0.2, 0.25) is 0 Å². The van der Waals surface area contributed by atoms with Crippen molar-refractivity contribution < 1.29 is 19.6 Å². The summed E-state index contributed by atoms with van der Waals surface area (Å²) in [7, 11) is 0. The van der Waals surface area contributed by atoms with Crippen molar-refractivity contribution in [1.82, 2.24) is 14.8 Å². The number of carboxylic acid groups (broad SMARTS) is 1. The standard InChI is InChI=1S/C24H17BrCl2N6O5/c1-13-20(29-23(34)18-11-19(25)30-32(18)22-15(26)8-5-9-28-22)17(10-16(27)21(13)33(37)38)31(24(35)36)12-14-6-3-2-4-7-14/h2-11H,12H2,1H3,(H,29,34)(H,35,36). The van der Waals surface area contributed by atoms with Gasteiger partial charge in [0, 0.05) is 12.3 Å². The van der Waals surface area contributed by atoms with Gasteiger partial charge in [0.05, 0.1) is 33.4 Å². The van der Waals surface area contributed by atoms with Crippen LogP contribution in [0.1, 0.15) is 21.6 Å². The maximum Gasteiger partial charge on any atom is 0.412 e. The van der Waals surface area contributed by atoms with Crippen LogP contribution in [0.4, 0.5) is 21.9 Å². The molecular formula is C24H17BrCl2N6O5. The Morgan fingerprint density at radius 2 is 1.87 bits per heavy atom. The summed E-state index contributed by atoms with van der Waals surface area (Å²) < 4.78 is 1.49. The molecule has 0 saturated heterocycles. The van der Waals surface area contributed by atoms with E-state index in [0.29, 0.717) is 10.2 Å². The molecule has 0 aliphatic carbocycles. The lowest BCUT2D eigenvalue weighted by molar-refractivity contribution is -0.385. The fourth-order valence-electron chi connectivity index (χ4n) is 3.75. The molecule has 0 unspecified atom stereocenters. The summed E-state index contributed by atoms with van der Waals surface area (Å²) in [5.41, 5.74) is -0.0509. The van der Waals surface area contributed by atoms with E-state index in [1.54, 1.807) is 42.5 Å². The van der Waals surface area contributed by atoms with Crippen molar-refractivity contribution in [3.05, 3.63) is 102 Å². The molecule has 0 radical (unpaired) electrons. The molecule has 0 aliphatic heterocycles. The summed E-state index contributed by atoms with van der Waals surface area (Å²) >= 11 is 15.7. The first kappa shape index (κ1) is 27.0. The van der Waals surface area contributed by atoms with E-state index in [0.717, 1.165) is 11.0 Å². The smallest absolute Gasteiger partial charge is 0.412 e. The Morgan fingerprint density at radius 1 is 1.16 bits per heavy atom. The number of nitro groups is 1. The Bertz CT molecular complexity index is 1560. The Hall–Kier alpha value is -4.00. The number of anilines is 2. The fraction of sp³-hybridized carbons (Fsp3) is 0.0833. The molecule has 2 amide bonds. The number of halogens is 3. The maximum atomic E-state index is 13.5. The van der Waals surface area contributed by atoms with Crippen LogP contribution >= 0.6 is 39.1 Å². The third-order valence-electron chi connectivity index (χ3n) is 5.45. The van der Waals surface area contributed by atoms with Gasteiger partial charge in [-0.2, -0.15) is 5.10 Å². The normalized spacial score (nSPS) is 10.7. The minimum Gasteiger partial charge on any atom is -0.465 e. The van der Waals surface area contributed by atoms with Gasteiger partial charge in [-0.15, -0.1) is 0 Å². The van der Waals surface area contributed by atoms with Crippen molar-refractivity contribution in [3.63, 3.8) is 0 Å². The van der Waals surface area contributed by atoms with Crippen molar-refractivity contribution in [2.75, 3.05) is 10.2 Å². The number of nitrogens with one attached hydrogen (secondary N) is 1. The number of carbonyl (C=O) groups excluding carboxylic acids is 1. The number of rotatable bonds is 7. The van der Waals surface area contributed by atoms with E-state index >= 15 is 0 Å². The lowest BCUT2D eigenvalue weighted by atomic mass is 10.1. The van der Waals surface area contributed by atoms with E-state index in [4.69, 9.17) is 23.2 Å². The fourth-order valence-corrected chi connectivity index (χ4v) is 4.64. The van der Waals surface area contributed by atoms with Gasteiger partial charge >= 0.3 is 6.09 Å². The van der Waals surface area contributed by atoms with Gasteiger partial charge in [0.15, 0.2) is 5.82 Å². The van der Waals surface area contributed by atoms with Gasteiger partial charge in [0.25, 0.3) is 11.6 Å². The number of nitrogens with zero attached hydrogens (tertiary/aromatic N) is 5. The zero-order chi connectivity index (χ0) is 27.6. The van der Waals surface area contributed by atoms with E-state index in [9.17, 15) is 24.8 Å². The first-order valence-electron chi connectivity index (χ1n) is 10.8. The summed E-state index contributed by atoms with van der Waals surface area (Å²) in [5.74, 6) is -0.587. The lowest BCUT2D eigenvalue weighted by Gasteiger charge is -2.24. The van der Waals surface area contributed by atoms with E-state index in [2.05, 4.69) is 31.3 Å². The quantitative estimate of drug-likeness (QED) is 0.178. The summed E-state index contributed by atoms with van der Waals surface area (Å²) in [6, 6.07) is 14.4. The van der Waals surface area contributed by atoms with Crippen LogP contribution in [0, 0.1) is 17.0 Å². The molecule has 0 aliphatic rings. The van der Waals surface area contributed by atoms with Crippen LogP contribution in [-0.2, 0) is 6.54 Å². The molecule has 38 heavy (non-hydrogen) atoms. The van der Waals surface area contributed by atoms with Crippen LogP contribution in [-0.4, -0.2) is 36.8 Å². The molecule has 2 aromatic heterocycles. The molecule has 4 aromatic rings. The predicted octanol–water partition coefficient (Wildman–Crippen LogP) is 6.49. The largest absolute Gasteiger partial charge is 0.465 e. The molecule has 0 saturated carbocycles. The topological polar surface area (TPSA) is 143 Å². The Labute approximate surface area is 233 Å². The number of carbonyl (C=O) groups is 2. The SMILES string of the molecule is Cc1c(NC(=O)c2cc(Br)nn2-c2ncccc2Cl)c(N(Cc2ccccc2)C(=O)O)cc(Cl)c1[N+](=O)[O-]. The molecule has 194 valence electrons. The van der Waals surface area contributed by atoms with Gasteiger partial charge in [-0.25, -0.2) is 14.5 Å². The summed E-state index contributed by atoms with van der Waals surface area (Å²) in [4.78, 5) is 42.0. The number of aromatic nitrogens is 3. The second-order valence-electron chi connectivity index (χ2n) is 7.86. The number of hydrogen-bond acceptors (Lipinski definition) is 6. The maximum absolute atomic E-state index is 13.5. The van der Waals surface area contributed by atoms with Crippen molar-refractivity contribution >= 4 is 68.2 Å².